The Hall–Kier alpha value is -0.860. The summed E-state index contributed by atoms with van der Waals surface area (Å²) in [7, 11) is 4.30. The molecule has 0 aromatic heterocycles. The summed E-state index contributed by atoms with van der Waals surface area (Å²) in [5, 5.41) is 3.46. The molecule has 2 unspecified atom stereocenters. The number of benzene rings is 1. The second-order valence-electron chi connectivity index (χ2n) is 5.62. The molecule has 0 radical (unpaired) electrons. The van der Waals surface area contributed by atoms with E-state index in [1.54, 1.807) is 0 Å². The van der Waals surface area contributed by atoms with Gasteiger partial charge in [-0.05, 0) is 38.5 Å². The number of nitrogens with one attached hydrogen (secondary N) is 1. The summed E-state index contributed by atoms with van der Waals surface area (Å²) in [5.41, 5.74) is 1.39. The average Bonchev–Trinajstić information content (AvgIpc) is 2.41. The second-order valence-corrected chi connectivity index (χ2v) is 5.62. The third kappa shape index (κ3) is 5.75. The van der Waals surface area contributed by atoms with E-state index in [1.807, 2.05) is 0 Å². The van der Waals surface area contributed by atoms with Crippen LogP contribution in [0.25, 0.3) is 0 Å². The Morgan fingerprint density at radius 2 is 1.84 bits per heavy atom. The molecule has 0 aliphatic heterocycles. The van der Waals surface area contributed by atoms with Crippen molar-refractivity contribution in [1.82, 2.24) is 10.2 Å². The van der Waals surface area contributed by atoms with Gasteiger partial charge in [0, 0.05) is 12.6 Å². The molecule has 1 rings (SSSR count). The summed E-state index contributed by atoms with van der Waals surface area (Å²) in [5.74, 6) is 0.610. The molecular formula is C17H30N2. The summed E-state index contributed by atoms with van der Waals surface area (Å²) in [6.45, 7) is 6.95. The first-order chi connectivity index (χ1) is 9.19. The number of rotatable bonds is 9. The van der Waals surface area contributed by atoms with Crippen molar-refractivity contribution in [2.24, 2.45) is 5.92 Å². The molecule has 0 amide bonds. The zero-order chi connectivity index (χ0) is 14.1. The monoisotopic (exact) mass is 262 g/mol. The molecular weight excluding hydrogens is 232 g/mol. The molecule has 19 heavy (non-hydrogen) atoms. The third-order valence-electron chi connectivity index (χ3n) is 3.78. The van der Waals surface area contributed by atoms with Crippen molar-refractivity contribution in [3.8, 4) is 0 Å². The van der Waals surface area contributed by atoms with Crippen LogP contribution in [0.4, 0.5) is 0 Å². The van der Waals surface area contributed by atoms with Gasteiger partial charge < -0.3 is 10.2 Å². The quantitative estimate of drug-likeness (QED) is 0.683. The SMILES string of the molecule is CCCCCN(C)CC(C)C(NC)c1ccccc1. The first-order valence-corrected chi connectivity index (χ1v) is 7.59. The van der Waals surface area contributed by atoms with Crippen LogP contribution in [0.15, 0.2) is 30.3 Å². The lowest BCUT2D eigenvalue weighted by Crippen LogP contribution is -2.33. The minimum absolute atomic E-state index is 0.440. The molecule has 2 heteroatoms. The maximum absolute atomic E-state index is 3.46. The normalized spacial score (nSPS) is 14.6. The van der Waals surface area contributed by atoms with Crippen molar-refractivity contribution in [3.05, 3.63) is 35.9 Å². The van der Waals surface area contributed by atoms with E-state index in [0.29, 0.717) is 12.0 Å². The Labute approximate surface area is 119 Å². The van der Waals surface area contributed by atoms with E-state index >= 15 is 0 Å². The van der Waals surface area contributed by atoms with E-state index in [1.165, 1.54) is 31.4 Å². The van der Waals surface area contributed by atoms with E-state index in [4.69, 9.17) is 0 Å². The summed E-state index contributed by atoms with van der Waals surface area (Å²) >= 11 is 0. The largest absolute Gasteiger partial charge is 0.313 e. The smallest absolute Gasteiger partial charge is 0.0355 e. The highest BCUT2D eigenvalue weighted by molar-refractivity contribution is 5.19. The molecule has 0 aliphatic carbocycles. The third-order valence-corrected chi connectivity index (χ3v) is 3.78. The van der Waals surface area contributed by atoms with Gasteiger partial charge in [0.1, 0.15) is 0 Å². The fourth-order valence-electron chi connectivity index (χ4n) is 2.76. The van der Waals surface area contributed by atoms with Crippen molar-refractivity contribution in [3.63, 3.8) is 0 Å². The maximum atomic E-state index is 3.46. The lowest BCUT2D eigenvalue weighted by Gasteiger charge is -2.28. The van der Waals surface area contributed by atoms with Crippen molar-refractivity contribution in [1.29, 1.82) is 0 Å². The first kappa shape index (κ1) is 16.2. The number of unbranched alkanes of at least 4 members (excludes halogenated alkanes) is 2. The van der Waals surface area contributed by atoms with Gasteiger partial charge in [-0.1, -0.05) is 57.0 Å². The standard InChI is InChI=1S/C17H30N2/c1-5-6-10-13-19(4)14-15(2)17(18-3)16-11-8-7-9-12-16/h7-9,11-12,15,17-18H,5-6,10,13-14H2,1-4H3. The van der Waals surface area contributed by atoms with Crippen molar-refractivity contribution in [2.45, 2.75) is 39.2 Å². The van der Waals surface area contributed by atoms with Crippen LogP contribution in [0.5, 0.6) is 0 Å². The molecule has 0 heterocycles. The summed E-state index contributed by atoms with van der Waals surface area (Å²) < 4.78 is 0. The molecule has 1 N–H and O–H groups in total. The van der Waals surface area contributed by atoms with Gasteiger partial charge in [0.05, 0.1) is 0 Å². The Balaban J connectivity index is 2.48. The highest BCUT2D eigenvalue weighted by atomic mass is 15.1. The van der Waals surface area contributed by atoms with Crippen LogP contribution in [-0.2, 0) is 0 Å². The maximum Gasteiger partial charge on any atom is 0.0355 e. The first-order valence-electron chi connectivity index (χ1n) is 7.59. The zero-order valence-corrected chi connectivity index (χ0v) is 13.0. The van der Waals surface area contributed by atoms with E-state index in [9.17, 15) is 0 Å². The van der Waals surface area contributed by atoms with Gasteiger partial charge in [0.15, 0.2) is 0 Å². The Bertz CT molecular complexity index is 323. The predicted octanol–water partition coefficient (Wildman–Crippen LogP) is 3.71. The molecule has 0 bridgehead atoms. The van der Waals surface area contributed by atoms with Gasteiger partial charge in [-0.2, -0.15) is 0 Å². The Kier molecular flexibility index (Phi) is 7.76. The van der Waals surface area contributed by atoms with Gasteiger partial charge >= 0.3 is 0 Å². The highest BCUT2D eigenvalue weighted by Crippen LogP contribution is 2.22. The van der Waals surface area contributed by atoms with E-state index in [0.717, 1.165) is 6.54 Å². The van der Waals surface area contributed by atoms with E-state index < -0.39 is 0 Å². The molecule has 2 nitrogen and oxygen atoms in total. The van der Waals surface area contributed by atoms with Gasteiger partial charge in [-0.25, -0.2) is 0 Å². The number of nitrogens with zero attached hydrogens (tertiary/aromatic N) is 1. The average molecular weight is 262 g/mol. The summed E-state index contributed by atoms with van der Waals surface area (Å²) in [6.07, 6.45) is 3.95. The molecule has 0 spiro atoms. The van der Waals surface area contributed by atoms with Crippen molar-refractivity contribution >= 4 is 0 Å². The van der Waals surface area contributed by atoms with Crippen LogP contribution in [0, 0.1) is 5.92 Å². The molecule has 1 aromatic rings. The predicted molar refractivity (Wildman–Crippen MR) is 84.4 cm³/mol. The molecule has 2 atom stereocenters. The van der Waals surface area contributed by atoms with Gasteiger partial charge in [-0.3, -0.25) is 0 Å². The molecule has 0 fully saturated rings. The minimum Gasteiger partial charge on any atom is -0.313 e. The van der Waals surface area contributed by atoms with Crippen LogP contribution in [0.1, 0.15) is 44.7 Å². The minimum atomic E-state index is 0.440. The van der Waals surface area contributed by atoms with Gasteiger partial charge in [0.25, 0.3) is 0 Å². The van der Waals surface area contributed by atoms with Crippen LogP contribution in [-0.4, -0.2) is 32.1 Å². The number of hydrogen-bond donors (Lipinski definition) is 1. The lowest BCUT2D eigenvalue weighted by molar-refractivity contribution is 0.248. The lowest BCUT2D eigenvalue weighted by atomic mass is 9.94. The van der Waals surface area contributed by atoms with E-state index in [2.05, 4.69) is 68.5 Å². The van der Waals surface area contributed by atoms with Crippen LogP contribution in [0.2, 0.25) is 0 Å². The fourth-order valence-corrected chi connectivity index (χ4v) is 2.76. The second kappa shape index (κ2) is 9.11. The van der Waals surface area contributed by atoms with E-state index in [-0.39, 0.29) is 0 Å². The van der Waals surface area contributed by atoms with Gasteiger partial charge in [0.2, 0.25) is 0 Å². The Morgan fingerprint density at radius 3 is 2.42 bits per heavy atom. The van der Waals surface area contributed by atoms with Gasteiger partial charge in [-0.15, -0.1) is 0 Å². The van der Waals surface area contributed by atoms with Crippen LogP contribution < -0.4 is 5.32 Å². The zero-order valence-electron chi connectivity index (χ0n) is 13.0. The molecule has 108 valence electrons. The molecule has 1 aromatic carbocycles. The van der Waals surface area contributed by atoms with Crippen LogP contribution in [0.3, 0.4) is 0 Å². The molecule has 0 aliphatic rings. The van der Waals surface area contributed by atoms with Crippen molar-refractivity contribution < 1.29 is 0 Å². The Morgan fingerprint density at radius 1 is 1.16 bits per heavy atom. The fraction of sp³-hybridized carbons (Fsp3) is 0.647. The van der Waals surface area contributed by atoms with Crippen molar-refractivity contribution in [2.75, 3.05) is 27.2 Å². The van der Waals surface area contributed by atoms with Crippen LogP contribution >= 0.6 is 0 Å². The topological polar surface area (TPSA) is 15.3 Å². The molecule has 0 saturated carbocycles. The number of hydrogen-bond acceptors (Lipinski definition) is 2. The molecule has 0 saturated heterocycles. The highest BCUT2D eigenvalue weighted by Gasteiger charge is 2.18. The summed E-state index contributed by atoms with van der Waals surface area (Å²) in [4.78, 5) is 2.47. The summed E-state index contributed by atoms with van der Waals surface area (Å²) in [6, 6.07) is 11.2.